The Balaban J connectivity index is 1.32. The van der Waals surface area contributed by atoms with Gasteiger partial charge in [0.15, 0.2) is 0 Å². The highest BCUT2D eigenvalue weighted by molar-refractivity contribution is 6.51. The van der Waals surface area contributed by atoms with Crippen LogP contribution < -0.4 is 26.4 Å². The standard InChI is InChI=1S/C25H30B3N3O5/c26-18-10-14(22(27)23(28)17(18)11-30-6-8-35-9-7-30)13-36-20-3-1-2-15-16(20)12-31(25(15)34)19-4-5-21(32)29-24(19)33/h1-3,10,19H,4-9,11-13,26-28H2,(H,29,32,33). The molecular formula is C25H30B3N3O5. The molecule has 8 nitrogen and oxygen atoms in total. The molecule has 0 radical (unpaired) electrons. The van der Waals surface area contributed by atoms with Crippen LogP contribution in [0.3, 0.4) is 0 Å². The Bertz CT molecular complexity index is 1230. The first-order valence-corrected chi connectivity index (χ1v) is 12.6. The van der Waals surface area contributed by atoms with E-state index < -0.39 is 11.9 Å². The number of hydrogen-bond acceptors (Lipinski definition) is 6. The maximum Gasteiger partial charge on any atom is 0.255 e. The van der Waals surface area contributed by atoms with E-state index >= 15 is 0 Å². The first kappa shape index (κ1) is 24.7. The zero-order valence-electron chi connectivity index (χ0n) is 21.2. The average Bonchev–Trinajstić information content (AvgIpc) is 3.20. The third-order valence-electron chi connectivity index (χ3n) is 7.77. The van der Waals surface area contributed by atoms with Gasteiger partial charge in [0.1, 0.15) is 41.9 Å². The molecular weight excluding hydrogens is 455 g/mol. The molecule has 3 heterocycles. The molecule has 3 amide bonds. The summed E-state index contributed by atoms with van der Waals surface area (Å²) >= 11 is 0. The lowest BCUT2D eigenvalue weighted by Crippen LogP contribution is -2.52. The van der Waals surface area contributed by atoms with Crippen LogP contribution in [0.4, 0.5) is 0 Å². The summed E-state index contributed by atoms with van der Waals surface area (Å²) in [6, 6.07) is 7.04. The molecule has 0 bridgehead atoms. The van der Waals surface area contributed by atoms with Crippen molar-refractivity contribution in [2.24, 2.45) is 0 Å². The molecule has 0 saturated carbocycles. The maximum absolute atomic E-state index is 13.1. The Morgan fingerprint density at radius 1 is 1.08 bits per heavy atom. The molecule has 184 valence electrons. The van der Waals surface area contributed by atoms with Crippen molar-refractivity contribution in [1.29, 1.82) is 0 Å². The Morgan fingerprint density at radius 2 is 1.86 bits per heavy atom. The van der Waals surface area contributed by atoms with Gasteiger partial charge >= 0.3 is 0 Å². The lowest BCUT2D eigenvalue weighted by atomic mass is 9.70. The quantitative estimate of drug-likeness (QED) is 0.340. The minimum atomic E-state index is -0.637. The number of hydrogen-bond donors (Lipinski definition) is 1. The van der Waals surface area contributed by atoms with E-state index in [2.05, 4.69) is 39.8 Å². The first-order chi connectivity index (χ1) is 17.3. The highest BCUT2D eigenvalue weighted by Gasteiger charge is 2.40. The van der Waals surface area contributed by atoms with Crippen LogP contribution in [0.15, 0.2) is 24.3 Å². The maximum atomic E-state index is 13.1. The van der Waals surface area contributed by atoms with Gasteiger partial charge in [-0.3, -0.25) is 24.6 Å². The largest absolute Gasteiger partial charge is 0.489 e. The number of rotatable bonds is 6. The Hall–Kier alpha value is -3.04. The number of imide groups is 1. The highest BCUT2D eigenvalue weighted by Crippen LogP contribution is 2.33. The van der Waals surface area contributed by atoms with E-state index in [1.807, 2.05) is 12.1 Å². The average molecular weight is 485 g/mol. The van der Waals surface area contributed by atoms with Gasteiger partial charge in [0, 0.05) is 37.2 Å². The molecule has 36 heavy (non-hydrogen) atoms. The fourth-order valence-corrected chi connectivity index (χ4v) is 5.44. The van der Waals surface area contributed by atoms with Crippen LogP contribution in [0, 0.1) is 0 Å². The molecule has 2 aromatic carbocycles. The van der Waals surface area contributed by atoms with Crippen molar-refractivity contribution < 1.29 is 23.9 Å². The van der Waals surface area contributed by atoms with Crippen molar-refractivity contribution in [3.8, 4) is 5.75 Å². The lowest BCUT2D eigenvalue weighted by molar-refractivity contribution is -0.136. The first-order valence-electron chi connectivity index (χ1n) is 12.6. The number of piperidine rings is 1. The van der Waals surface area contributed by atoms with Crippen molar-refractivity contribution in [1.82, 2.24) is 15.1 Å². The summed E-state index contributed by atoms with van der Waals surface area (Å²) in [4.78, 5) is 41.0. The van der Waals surface area contributed by atoms with Gasteiger partial charge in [0.05, 0.1) is 19.8 Å². The van der Waals surface area contributed by atoms with E-state index in [9.17, 15) is 14.4 Å². The van der Waals surface area contributed by atoms with Crippen LogP contribution in [0.5, 0.6) is 5.75 Å². The summed E-state index contributed by atoms with van der Waals surface area (Å²) < 4.78 is 11.8. The predicted molar refractivity (Wildman–Crippen MR) is 144 cm³/mol. The lowest BCUT2D eigenvalue weighted by Gasteiger charge is -2.29. The van der Waals surface area contributed by atoms with Crippen molar-refractivity contribution in [3.05, 3.63) is 46.5 Å². The fourth-order valence-electron chi connectivity index (χ4n) is 5.44. The van der Waals surface area contributed by atoms with E-state index in [-0.39, 0.29) is 18.2 Å². The molecule has 1 N–H and O–H groups in total. The molecule has 2 saturated heterocycles. The summed E-state index contributed by atoms with van der Waals surface area (Å²) in [7, 11) is 6.47. The number of ether oxygens (including phenoxy) is 2. The van der Waals surface area contributed by atoms with Crippen LogP contribution in [0.2, 0.25) is 0 Å². The molecule has 2 fully saturated rings. The summed E-state index contributed by atoms with van der Waals surface area (Å²) in [6.45, 7) is 5.10. The van der Waals surface area contributed by atoms with Gasteiger partial charge in [0.2, 0.25) is 11.8 Å². The number of nitrogens with one attached hydrogen (secondary N) is 1. The summed E-state index contributed by atoms with van der Waals surface area (Å²) in [5, 5.41) is 2.35. The van der Waals surface area contributed by atoms with E-state index in [0.717, 1.165) is 44.0 Å². The molecule has 1 atom stereocenters. The summed E-state index contributed by atoms with van der Waals surface area (Å²) in [5.74, 6) is -0.238. The van der Waals surface area contributed by atoms with Crippen molar-refractivity contribution in [2.75, 3.05) is 26.3 Å². The number of morpholine rings is 1. The number of benzene rings is 2. The van der Waals surface area contributed by atoms with Gasteiger partial charge in [0.25, 0.3) is 5.91 Å². The third-order valence-corrected chi connectivity index (χ3v) is 7.77. The van der Waals surface area contributed by atoms with E-state index in [1.54, 1.807) is 11.0 Å². The van der Waals surface area contributed by atoms with Crippen LogP contribution in [-0.2, 0) is 34.0 Å². The van der Waals surface area contributed by atoms with Crippen LogP contribution in [0.1, 0.15) is 39.9 Å². The SMILES string of the molecule is Bc1cc(COc2cccc3c2CN(C2CCC(=O)NC2=O)C3=O)c(B)c(B)c1CN1CCOCC1. The van der Waals surface area contributed by atoms with Gasteiger partial charge in [-0.1, -0.05) is 28.5 Å². The van der Waals surface area contributed by atoms with Gasteiger partial charge in [-0.25, -0.2) is 0 Å². The van der Waals surface area contributed by atoms with Crippen molar-refractivity contribution in [3.63, 3.8) is 0 Å². The van der Waals surface area contributed by atoms with Crippen molar-refractivity contribution >= 4 is 57.6 Å². The zero-order valence-corrected chi connectivity index (χ0v) is 21.2. The minimum Gasteiger partial charge on any atom is -0.489 e. The molecule has 0 aromatic heterocycles. The zero-order chi connectivity index (χ0) is 25.4. The molecule has 11 heteroatoms. The molecule has 5 rings (SSSR count). The normalized spacial score (nSPS) is 20.4. The second-order valence-corrected chi connectivity index (χ2v) is 9.94. The van der Waals surface area contributed by atoms with Gasteiger partial charge in [-0.15, -0.1) is 0 Å². The molecule has 0 spiro atoms. The number of nitrogens with zero attached hydrogens (tertiary/aromatic N) is 2. The molecule has 3 aliphatic rings. The van der Waals surface area contributed by atoms with Crippen LogP contribution in [0.25, 0.3) is 0 Å². The second kappa shape index (κ2) is 10.1. The Morgan fingerprint density at radius 3 is 2.61 bits per heavy atom. The molecule has 3 aliphatic heterocycles. The second-order valence-electron chi connectivity index (χ2n) is 9.94. The van der Waals surface area contributed by atoms with Crippen LogP contribution >= 0.6 is 0 Å². The fraction of sp³-hybridized carbons (Fsp3) is 0.400. The van der Waals surface area contributed by atoms with E-state index in [0.29, 0.717) is 30.9 Å². The number of carbonyl (C=O) groups is 3. The number of fused-ring (bicyclic) bond motifs is 1. The Labute approximate surface area is 213 Å². The summed E-state index contributed by atoms with van der Waals surface area (Å²) in [5.41, 5.74) is 7.60. The highest BCUT2D eigenvalue weighted by atomic mass is 16.5. The van der Waals surface area contributed by atoms with Crippen molar-refractivity contribution in [2.45, 2.75) is 38.6 Å². The van der Waals surface area contributed by atoms with E-state index in [4.69, 9.17) is 9.47 Å². The molecule has 1 unspecified atom stereocenters. The van der Waals surface area contributed by atoms with Gasteiger partial charge < -0.3 is 14.4 Å². The minimum absolute atomic E-state index is 0.194. The topological polar surface area (TPSA) is 88.2 Å². The van der Waals surface area contributed by atoms with Crippen LogP contribution in [-0.4, -0.2) is 83.4 Å². The summed E-state index contributed by atoms with van der Waals surface area (Å²) in [6.07, 6.45) is 0.578. The molecule has 2 aromatic rings. The third kappa shape index (κ3) is 4.69. The van der Waals surface area contributed by atoms with Gasteiger partial charge in [-0.05, 0) is 29.7 Å². The monoisotopic (exact) mass is 485 g/mol. The number of amides is 3. The van der Waals surface area contributed by atoms with E-state index in [1.165, 1.54) is 22.0 Å². The molecule has 0 aliphatic carbocycles. The predicted octanol–water partition coefficient (Wildman–Crippen LogP) is -3.37. The van der Waals surface area contributed by atoms with Gasteiger partial charge in [-0.2, -0.15) is 0 Å². The smallest absolute Gasteiger partial charge is 0.255 e. The Kier molecular flexibility index (Phi) is 6.95. The number of carbonyl (C=O) groups excluding carboxylic acids is 3.